The second kappa shape index (κ2) is 7.86. The van der Waals surface area contributed by atoms with Gasteiger partial charge in [0.15, 0.2) is 5.78 Å². The first-order valence-corrected chi connectivity index (χ1v) is 12.6. The van der Waals surface area contributed by atoms with Gasteiger partial charge in [0.25, 0.3) is 0 Å². The number of Topliss-reactive ketones (excluding diaryl/α,β-unsaturated/α-hetero) is 1. The molecule has 0 spiro atoms. The molecule has 1 aromatic carbocycles. The van der Waals surface area contributed by atoms with Gasteiger partial charge in [-0.25, -0.2) is 0 Å². The van der Waals surface area contributed by atoms with Crippen molar-refractivity contribution in [2.75, 3.05) is 6.61 Å². The van der Waals surface area contributed by atoms with Gasteiger partial charge in [-0.15, -0.1) is 0 Å². The number of aliphatic hydroxyl groups excluding tert-OH is 1. The molecule has 1 aromatic rings. The third-order valence-electron chi connectivity index (χ3n) is 9.73. The number of rotatable bonds is 4. The number of aliphatic hydroxyl groups is 3. The zero-order valence-electron chi connectivity index (χ0n) is 21.0. The monoisotopic (exact) mass is 480 g/mol. The number of ether oxygens (including phenoxy) is 1. The van der Waals surface area contributed by atoms with Gasteiger partial charge in [-0.2, -0.15) is 0 Å². The van der Waals surface area contributed by atoms with E-state index in [4.69, 9.17) is 4.74 Å². The predicted molar refractivity (Wildman–Crippen MR) is 130 cm³/mol. The van der Waals surface area contributed by atoms with Crippen molar-refractivity contribution < 1.29 is 29.6 Å². The van der Waals surface area contributed by atoms with Crippen molar-refractivity contribution in [3.63, 3.8) is 0 Å². The minimum absolute atomic E-state index is 0.00233. The first-order valence-electron chi connectivity index (χ1n) is 12.6. The molecule has 7 atom stereocenters. The van der Waals surface area contributed by atoms with Gasteiger partial charge < -0.3 is 20.1 Å². The average Bonchev–Trinajstić information content (AvgIpc) is 3.30. The summed E-state index contributed by atoms with van der Waals surface area (Å²) in [4.78, 5) is 26.3. The minimum atomic E-state index is -1.77. The number of esters is 1. The van der Waals surface area contributed by atoms with Crippen molar-refractivity contribution in [1.29, 1.82) is 0 Å². The normalized spacial score (nSPS) is 41.4. The maximum atomic E-state index is 13.2. The van der Waals surface area contributed by atoms with E-state index in [9.17, 15) is 24.9 Å². The van der Waals surface area contributed by atoms with Crippen LogP contribution in [0.25, 0.3) is 0 Å². The molecule has 3 N–H and O–H groups in total. The molecule has 0 saturated heterocycles. The molecule has 0 radical (unpaired) electrons. The summed E-state index contributed by atoms with van der Waals surface area (Å²) in [5.74, 6) is -2.39. The molecule has 2 fully saturated rings. The lowest BCUT2D eigenvalue weighted by molar-refractivity contribution is -0.200. The van der Waals surface area contributed by atoms with E-state index in [0.717, 1.165) is 5.56 Å². The van der Waals surface area contributed by atoms with Crippen LogP contribution in [-0.4, -0.2) is 50.5 Å². The minimum Gasteiger partial charge on any atom is -0.458 e. The standard InChI is InChI=1S/C29H36O6/c1-17-10-11-22-27(33,25(17)32)15-20(16-30)12-21-24-26(3,4)28(24,14-18(2)29(21,22)34)35-23(31)13-19-8-6-5-7-9-19/h5-10,12,18,21-22,24,30,33-34H,11,13-16H2,1-4H3/t18-,21+,22?,24-,27-,28+,29-/m1/s1. The molecule has 0 bridgehead atoms. The highest BCUT2D eigenvalue weighted by Gasteiger charge is 2.83. The van der Waals surface area contributed by atoms with E-state index in [0.29, 0.717) is 24.0 Å². The Morgan fingerprint density at radius 3 is 2.51 bits per heavy atom. The summed E-state index contributed by atoms with van der Waals surface area (Å²) < 4.78 is 6.26. The first-order chi connectivity index (χ1) is 16.4. The fraction of sp³-hybridized carbons (Fsp3) is 0.586. The number of fused-ring (bicyclic) bond motifs is 5. The highest BCUT2D eigenvalue weighted by Crippen LogP contribution is 2.76. The molecule has 4 aliphatic rings. The number of hydrogen-bond donors (Lipinski definition) is 3. The van der Waals surface area contributed by atoms with E-state index in [2.05, 4.69) is 13.8 Å². The molecule has 0 amide bonds. The van der Waals surface area contributed by atoms with Gasteiger partial charge >= 0.3 is 5.97 Å². The van der Waals surface area contributed by atoms with Crippen LogP contribution in [0.5, 0.6) is 0 Å². The third-order valence-corrected chi connectivity index (χ3v) is 9.73. The molecule has 6 nitrogen and oxygen atoms in total. The van der Waals surface area contributed by atoms with Gasteiger partial charge in [0.1, 0.15) is 11.2 Å². The molecule has 4 aliphatic carbocycles. The Kier molecular flexibility index (Phi) is 5.48. The van der Waals surface area contributed by atoms with E-state index < -0.39 is 34.1 Å². The Labute approximate surface area is 206 Å². The highest BCUT2D eigenvalue weighted by atomic mass is 16.6. The average molecular weight is 481 g/mol. The largest absolute Gasteiger partial charge is 0.458 e. The Balaban J connectivity index is 1.54. The van der Waals surface area contributed by atoms with Crippen LogP contribution in [0.3, 0.4) is 0 Å². The van der Waals surface area contributed by atoms with Crippen LogP contribution < -0.4 is 0 Å². The van der Waals surface area contributed by atoms with E-state index in [-0.39, 0.29) is 43.0 Å². The highest BCUT2D eigenvalue weighted by molar-refractivity contribution is 6.02. The second-order valence-corrected chi connectivity index (χ2v) is 11.8. The Bertz CT molecular complexity index is 1120. The van der Waals surface area contributed by atoms with Crippen LogP contribution >= 0.6 is 0 Å². The second-order valence-electron chi connectivity index (χ2n) is 11.8. The molecule has 2 saturated carbocycles. The van der Waals surface area contributed by atoms with Gasteiger partial charge in [-0.1, -0.05) is 63.3 Å². The van der Waals surface area contributed by atoms with Crippen LogP contribution in [0.2, 0.25) is 0 Å². The lowest BCUT2D eigenvalue weighted by Crippen LogP contribution is -2.64. The summed E-state index contributed by atoms with van der Waals surface area (Å²) >= 11 is 0. The number of ketones is 1. The van der Waals surface area contributed by atoms with Crippen molar-refractivity contribution in [3.8, 4) is 0 Å². The van der Waals surface area contributed by atoms with Crippen molar-refractivity contribution >= 4 is 11.8 Å². The SMILES string of the molecule is CC1=CCC2[C@@]3(O)[C@H](C)C[C@]4(OC(=O)Cc5ccccc5)[C@H]([C@@H]3C=C(CO)C[C@]2(O)C1=O)C4(C)C. The zero-order chi connectivity index (χ0) is 25.4. The van der Waals surface area contributed by atoms with E-state index >= 15 is 0 Å². The van der Waals surface area contributed by atoms with Crippen LogP contribution in [0.4, 0.5) is 0 Å². The number of benzene rings is 1. The summed E-state index contributed by atoms with van der Waals surface area (Å²) in [7, 11) is 0. The molecule has 5 rings (SSSR count). The molecule has 35 heavy (non-hydrogen) atoms. The molecular formula is C29H36O6. The topological polar surface area (TPSA) is 104 Å². The fourth-order valence-electron chi connectivity index (χ4n) is 7.87. The van der Waals surface area contributed by atoms with Crippen LogP contribution in [-0.2, 0) is 20.7 Å². The van der Waals surface area contributed by atoms with Crippen LogP contribution in [0, 0.1) is 29.1 Å². The maximum absolute atomic E-state index is 13.2. The van der Waals surface area contributed by atoms with E-state index in [1.165, 1.54) is 0 Å². The molecule has 1 unspecified atom stereocenters. The van der Waals surface area contributed by atoms with Crippen molar-refractivity contribution in [3.05, 3.63) is 59.2 Å². The Morgan fingerprint density at radius 1 is 1.17 bits per heavy atom. The summed E-state index contributed by atoms with van der Waals surface area (Å²) in [6.45, 7) is 7.44. The molecule has 6 heteroatoms. The number of allylic oxidation sites excluding steroid dienone is 1. The quantitative estimate of drug-likeness (QED) is 0.452. The van der Waals surface area contributed by atoms with E-state index in [1.807, 2.05) is 49.4 Å². The molecular weight excluding hydrogens is 444 g/mol. The summed E-state index contributed by atoms with van der Waals surface area (Å²) in [6.07, 6.45) is 4.68. The predicted octanol–water partition coefficient (Wildman–Crippen LogP) is 3.14. The lowest BCUT2D eigenvalue weighted by atomic mass is 9.56. The van der Waals surface area contributed by atoms with Gasteiger partial charge in [-0.3, -0.25) is 9.59 Å². The van der Waals surface area contributed by atoms with Crippen LogP contribution in [0.15, 0.2) is 53.6 Å². The number of carbonyl (C=O) groups is 2. The van der Waals surface area contributed by atoms with Gasteiger partial charge in [-0.05, 0) is 42.4 Å². The van der Waals surface area contributed by atoms with Crippen molar-refractivity contribution in [2.45, 2.75) is 70.2 Å². The van der Waals surface area contributed by atoms with Gasteiger partial charge in [0, 0.05) is 29.6 Å². The van der Waals surface area contributed by atoms with Crippen molar-refractivity contribution in [1.82, 2.24) is 0 Å². The smallest absolute Gasteiger partial charge is 0.310 e. The zero-order valence-corrected chi connectivity index (χ0v) is 21.0. The summed E-state index contributed by atoms with van der Waals surface area (Å²) in [5, 5.41) is 34.3. The molecule has 0 heterocycles. The number of hydrogen-bond acceptors (Lipinski definition) is 6. The van der Waals surface area contributed by atoms with E-state index in [1.54, 1.807) is 6.92 Å². The van der Waals surface area contributed by atoms with Crippen molar-refractivity contribution in [2.24, 2.45) is 29.1 Å². The van der Waals surface area contributed by atoms with Gasteiger partial charge in [0.2, 0.25) is 0 Å². The Hall–Kier alpha value is -2.28. The maximum Gasteiger partial charge on any atom is 0.310 e. The fourth-order valence-corrected chi connectivity index (χ4v) is 7.87. The summed E-state index contributed by atoms with van der Waals surface area (Å²) in [6, 6.07) is 9.48. The molecule has 188 valence electrons. The first kappa shape index (κ1) is 24.4. The Morgan fingerprint density at radius 2 is 1.86 bits per heavy atom. The third kappa shape index (κ3) is 3.26. The number of carbonyl (C=O) groups excluding carboxylic acids is 2. The van der Waals surface area contributed by atoms with Crippen LogP contribution in [0.1, 0.15) is 52.5 Å². The molecule has 0 aromatic heterocycles. The molecule has 0 aliphatic heterocycles. The summed E-state index contributed by atoms with van der Waals surface area (Å²) in [5.41, 5.74) is -2.40. The van der Waals surface area contributed by atoms with Gasteiger partial charge in [0.05, 0.1) is 18.6 Å². The lowest BCUT2D eigenvalue weighted by Gasteiger charge is -2.53.